The van der Waals surface area contributed by atoms with E-state index < -0.39 is 0 Å². The van der Waals surface area contributed by atoms with E-state index >= 15 is 0 Å². The first kappa shape index (κ1) is 10.6. The van der Waals surface area contributed by atoms with Gasteiger partial charge in [0.25, 0.3) is 0 Å². The van der Waals surface area contributed by atoms with Crippen LogP contribution in [0.25, 0.3) is 11.3 Å². The molecule has 16 heavy (non-hydrogen) atoms. The van der Waals surface area contributed by atoms with E-state index in [1.807, 2.05) is 19.1 Å². The topological polar surface area (TPSA) is 49.6 Å². The fourth-order valence-corrected chi connectivity index (χ4v) is 1.55. The zero-order valence-electron chi connectivity index (χ0n) is 8.61. The van der Waals surface area contributed by atoms with Crippen LogP contribution in [0.3, 0.4) is 0 Å². The van der Waals surface area contributed by atoms with Crippen molar-refractivity contribution in [3.8, 4) is 17.3 Å². The molecule has 0 atom stereocenters. The summed E-state index contributed by atoms with van der Waals surface area (Å²) in [6.45, 7) is 1.92. The molecule has 3 nitrogen and oxygen atoms in total. The number of benzene rings is 1. The van der Waals surface area contributed by atoms with E-state index in [0.29, 0.717) is 5.56 Å². The zero-order valence-corrected chi connectivity index (χ0v) is 9.36. The van der Waals surface area contributed by atoms with E-state index in [2.05, 4.69) is 16.0 Å². The van der Waals surface area contributed by atoms with Gasteiger partial charge in [-0.1, -0.05) is 12.1 Å². The first-order valence-electron chi connectivity index (χ1n) is 4.70. The van der Waals surface area contributed by atoms with Gasteiger partial charge in [0.05, 0.1) is 17.3 Å². The van der Waals surface area contributed by atoms with Crippen molar-refractivity contribution in [1.82, 2.24) is 9.97 Å². The number of halogens is 1. The Morgan fingerprint density at radius 2 is 1.94 bits per heavy atom. The first-order valence-corrected chi connectivity index (χ1v) is 5.08. The largest absolute Gasteiger partial charge is 0.226 e. The minimum absolute atomic E-state index is 0.227. The van der Waals surface area contributed by atoms with Gasteiger partial charge in [0, 0.05) is 11.8 Å². The molecule has 4 heteroatoms. The third-order valence-corrected chi connectivity index (χ3v) is 2.41. The molecule has 0 aliphatic carbocycles. The van der Waals surface area contributed by atoms with Gasteiger partial charge in [-0.05, 0) is 36.2 Å². The number of aryl methyl sites for hydroxylation is 1. The highest BCUT2D eigenvalue weighted by Crippen LogP contribution is 2.21. The summed E-state index contributed by atoms with van der Waals surface area (Å²) in [5, 5.41) is 8.93. The highest BCUT2D eigenvalue weighted by Gasteiger charge is 2.05. The van der Waals surface area contributed by atoms with Crippen molar-refractivity contribution in [3.05, 3.63) is 46.9 Å². The molecule has 0 N–H and O–H groups in total. The van der Waals surface area contributed by atoms with Crippen molar-refractivity contribution < 1.29 is 0 Å². The molecule has 0 spiro atoms. The van der Waals surface area contributed by atoms with Gasteiger partial charge >= 0.3 is 0 Å². The number of nitrogens with zero attached hydrogens (tertiary/aromatic N) is 3. The SMILES string of the molecule is Cc1cnc(Cl)nc1-c1ccc(C#N)cc1. The monoisotopic (exact) mass is 229 g/mol. The van der Waals surface area contributed by atoms with Gasteiger partial charge in [-0.2, -0.15) is 5.26 Å². The molecule has 1 aromatic carbocycles. The van der Waals surface area contributed by atoms with Crippen LogP contribution in [-0.4, -0.2) is 9.97 Å². The number of aromatic nitrogens is 2. The Balaban J connectivity index is 2.50. The first-order chi connectivity index (χ1) is 7.70. The van der Waals surface area contributed by atoms with Gasteiger partial charge in [0.1, 0.15) is 0 Å². The second-order valence-electron chi connectivity index (χ2n) is 3.36. The van der Waals surface area contributed by atoms with Gasteiger partial charge in [0.15, 0.2) is 0 Å². The van der Waals surface area contributed by atoms with Crippen molar-refractivity contribution in [2.45, 2.75) is 6.92 Å². The lowest BCUT2D eigenvalue weighted by Crippen LogP contribution is -1.91. The molecule has 78 valence electrons. The van der Waals surface area contributed by atoms with Crippen LogP contribution in [0.5, 0.6) is 0 Å². The van der Waals surface area contributed by atoms with Crippen LogP contribution in [0, 0.1) is 18.3 Å². The lowest BCUT2D eigenvalue weighted by molar-refractivity contribution is 1.13. The summed E-state index contributed by atoms with van der Waals surface area (Å²) in [4.78, 5) is 8.07. The van der Waals surface area contributed by atoms with Crippen LogP contribution in [-0.2, 0) is 0 Å². The number of hydrogen-bond acceptors (Lipinski definition) is 3. The van der Waals surface area contributed by atoms with Crippen molar-refractivity contribution in [1.29, 1.82) is 5.26 Å². The Kier molecular flexibility index (Phi) is 2.84. The lowest BCUT2D eigenvalue weighted by Gasteiger charge is -2.04. The Labute approximate surface area is 98.4 Å². The molecule has 1 aromatic heterocycles. The number of rotatable bonds is 1. The van der Waals surface area contributed by atoms with E-state index in [1.165, 1.54) is 0 Å². The molecule has 0 fully saturated rings. The van der Waals surface area contributed by atoms with Gasteiger partial charge < -0.3 is 0 Å². The van der Waals surface area contributed by atoms with Crippen molar-refractivity contribution in [3.63, 3.8) is 0 Å². The zero-order chi connectivity index (χ0) is 11.5. The minimum Gasteiger partial charge on any atom is -0.226 e. The quantitative estimate of drug-likeness (QED) is 0.707. The molecule has 0 saturated heterocycles. The van der Waals surface area contributed by atoms with Crippen molar-refractivity contribution in [2.75, 3.05) is 0 Å². The highest BCUT2D eigenvalue weighted by atomic mass is 35.5. The third-order valence-electron chi connectivity index (χ3n) is 2.23. The molecule has 0 radical (unpaired) electrons. The minimum atomic E-state index is 0.227. The van der Waals surface area contributed by atoms with Crippen LogP contribution < -0.4 is 0 Å². The van der Waals surface area contributed by atoms with E-state index in [9.17, 15) is 0 Å². The lowest BCUT2D eigenvalue weighted by atomic mass is 10.1. The molecule has 0 amide bonds. The standard InChI is InChI=1S/C12H8ClN3/c1-8-7-15-12(13)16-11(8)10-4-2-9(6-14)3-5-10/h2-5,7H,1H3. The van der Waals surface area contributed by atoms with E-state index in [0.717, 1.165) is 16.8 Å². The average Bonchev–Trinajstić information content (AvgIpc) is 2.32. The van der Waals surface area contributed by atoms with E-state index in [1.54, 1.807) is 18.3 Å². The number of hydrogen-bond donors (Lipinski definition) is 0. The van der Waals surface area contributed by atoms with Gasteiger partial charge in [-0.15, -0.1) is 0 Å². The molecular weight excluding hydrogens is 222 g/mol. The third kappa shape index (κ3) is 2.02. The second kappa shape index (κ2) is 4.30. The maximum absolute atomic E-state index is 8.70. The second-order valence-corrected chi connectivity index (χ2v) is 3.70. The number of nitriles is 1. The summed E-state index contributed by atoms with van der Waals surface area (Å²) >= 11 is 5.75. The predicted molar refractivity (Wildman–Crippen MR) is 61.9 cm³/mol. The predicted octanol–water partition coefficient (Wildman–Crippen LogP) is 2.98. The fraction of sp³-hybridized carbons (Fsp3) is 0.0833. The highest BCUT2D eigenvalue weighted by molar-refractivity contribution is 6.28. The molecular formula is C12H8ClN3. The van der Waals surface area contributed by atoms with Crippen LogP contribution in [0.15, 0.2) is 30.5 Å². The van der Waals surface area contributed by atoms with Crippen molar-refractivity contribution in [2.24, 2.45) is 0 Å². The summed E-state index contributed by atoms with van der Waals surface area (Å²) in [7, 11) is 0. The normalized spacial score (nSPS) is 9.81. The maximum atomic E-state index is 8.70. The molecule has 0 aliphatic rings. The molecule has 0 aliphatic heterocycles. The molecule has 1 heterocycles. The van der Waals surface area contributed by atoms with Crippen LogP contribution >= 0.6 is 11.6 Å². The Morgan fingerprint density at radius 1 is 1.25 bits per heavy atom. The van der Waals surface area contributed by atoms with Gasteiger partial charge in [-0.25, -0.2) is 9.97 Å². The fourth-order valence-electron chi connectivity index (χ4n) is 1.42. The molecule has 0 unspecified atom stereocenters. The Morgan fingerprint density at radius 3 is 2.56 bits per heavy atom. The summed E-state index contributed by atoms with van der Waals surface area (Å²) in [5.41, 5.74) is 3.31. The smallest absolute Gasteiger partial charge is 0.222 e. The Hall–Kier alpha value is -1.92. The maximum Gasteiger partial charge on any atom is 0.222 e. The molecule has 2 rings (SSSR count). The summed E-state index contributed by atoms with van der Waals surface area (Å²) in [6, 6.07) is 9.29. The van der Waals surface area contributed by atoms with E-state index in [-0.39, 0.29) is 5.28 Å². The van der Waals surface area contributed by atoms with E-state index in [4.69, 9.17) is 16.9 Å². The molecule has 2 aromatic rings. The molecule has 0 bridgehead atoms. The summed E-state index contributed by atoms with van der Waals surface area (Å²) in [5.74, 6) is 0. The molecule has 0 saturated carbocycles. The summed E-state index contributed by atoms with van der Waals surface area (Å²) < 4.78 is 0. The Bertz CT molecular complexity index is 555. The van der Waals surface area contributed by atoms with Crippen LogP contribution in [0.1, 0.15) is 11.1 Å². The van der Waals surface area contributed by atoms with Crippen LogP contribution in [0.2, 0.25) is 5.28 Å². The average molecular weight is 230 g/mol. The van der Waals surface area contributed by atoms with Gasteiger partial charge in [0.2, 0.25) is 5.28 Å². The van der Waals surface area contributed by atoms with Crippen LogP contribution in [0.4, 0.5) is 0 Å². The summed E-state index contributed by atoms with van der Waals surface area (Å²) in [6.07, 6.45) is 1.68. The van der Waals surface area contributed by atoms with Gasteiger partial charge in [-0.3, -0.25) is 0 Å². The van der Waals surface area contributed by atoms with Crippen molar-refractivity contribution >= 4 is 11.6 Å².